The van der Waals surface area contributed by atoms with E-state index in [0.717, 1.165) is 103 Å². The van der Waals surface area contributed by atoms with Gasteiger partial charge in [-0.25, -0.2) is 0 Å². The number of carbonyl (C=O) groups is 6. The Morgan fingerprint density at radius 3 is 1.53 bits per heavy atom. The molecule has 0 radical (unpaired) electrons. The summed E-state index contributed by atoms with van der Waals surface area (Å²) in [6.07, 6.45) is 14.5. The molecule has 364 valence electrons. The molecule has 3 amide bonds. The van der Waals surface area contributed by atoms with Crippen molar-refractivity contribution in [3.63, 3.8) is 0 Å². The molecule has 64 heavy (non-hydrogen) atoms. The van der Waals surface area contributed by atoms with Gasteiger partial charge in [-0.05, 0) is 105 Å². The van der Waals surface area contributed by atoms with Gasteiger partial charge in [-0.2, -0.15) is 0 Å². The van der Waals surface area contributed by atoms with Crippen LogP contribution in [0.5, 0.6) is 0 Å². The summed E-state index contributed by atoms with van der Waals surface area (Å²) in [4.78, 5) is 80.1. The smallest absolute Gasteiger partial charge is 0.312 e. The summed E-state index contributed by atoms with van der Waals surface area (Å²) in [7, 11) is 7.29. The second-order valence-electron chi connectivity index (χ2n) is 19.3. The van der Waals surface area contributed by atoms with Gasteiger partial charge in [0.25, 0.3) is 0 Å². The van der Waals surface area contributed by atoms with Crippen LogP contribution in [0, 0.1) is 35.5 Å². The van der Waals surface area contributed by atoms with Crippen molar-refractivity contribution in [2.24, 2.45) is 35.5 Å². The van der Waals surface area contributed by atoms with E-state index in [0.29, 0.717) is 6.54 Å². The van der Waals surface area contributed by atoms with Gasteiger partial charge in [0.05, 0.1) is 79.4 Å². The number of hydrogen-bond acceptors (Lipinski definition) is 13. The van der Waals surface area contributed by atoms with Crippen molar-refractivity contribution >= 4 is 47.4 Å². The minimum atomic E-state index is -0.921. The summed E-state index contributed by atoms with van der Waals surface area (Å²) < 4.78 is 22.0. The third-order valence-corrected chi connectivity index (χ3v) is 15.1. The molecule has 1 aliphatic carbocycles. The number of ether oxygens (including phenoxy) is 4. The first-order valence-corrected chi connectivity index (χ1v) is 24.1. The number of amides is 3. The molecule has 17 nitrogen and oxygen atoms in total. The van der Waals surface area contributed by atoms with E-state index in [9.17, 15) is 33.9 Å². The number of hydrogen-bond donors (Lipinski definition) is 3. The van der Waals surface area contributed by atoms with Crippen molar-refractivity contribution in [3.05, 3.63) is 0 Å². The fourth-order valence-corrected chi connectivity index (χ4v) is 11.6. The highest BCUT2D eigenvalue weighted by atomic mass is 32.1. The van der Waals surface area contributed by atoms with E-state index in [1.54, 1.807) is 0 Å². The predicted octanol–water partition coefficient (Wildman–Crippen LogP) is 1.33. The van der Waals surface area contributed by atoms with Gasteiger partial charge in [0.2, 0.25) is 17.7 Å². The summed E-state index contributed by atoms with van der Waals surface area (Å²) in [5.41, 5.74) is 4.00. The second kappa shape index (κ2) is 24.1. The summed E-state index contributed by atoms with van der Waals surface area (Å²) in [6, 6.07) is 0.786. The fraction of sp³-hybridized carbons (Fsp3) is 0.870. The maximum Gasteiger partial charge on any atom is 0.312 e. The van der Waals surface area contributed by atoms with Crippen LogP contribution in [0.1, 0.15) is 97.3 Å². The lowest BCUT2D eigenvalue weighted by atomic mass is 9.78. The molecule has 9 fully saturated rings. The average molecular weight is 923 g/mol. The van der Waals surface area contributed by atoms with Crippen LogP contribution in [-0.4, -0.2) is 183 Å². The number of likely N-dealkylation sites (tertiary alicyclic amines) is 1. The van der Waals surface area contributed by atoms with Crippen LogP contribution in [-0.2, 0) is 60.3 Å². The number of nitrogens with zero attached hydrogens (tertiary/aromatic N) is 4. The predicted molar refractivity (Wildman–Crippen MR) is 239 cm³/mol. The molecule has 9 rings (SSSR count). The van der Waals surface area contributed by atoms with Crippen molar-refractivity contribution < 1.29 is 58.6 Å². The molecule has 8 saturated heterocycles. The molecule has 0 spiro atoms. The maximum atomic E-state index is 12.7. The number of carboxylic acids is 1. The highest BCUT2D eigenvalue weighted by Gasteiger charge is 2.58. The zero-order valence-corrected chi connectivity index (χ0v) is 38.8. The van der Waals surface area contributed by atoms with Crippen LogP contribution >= 0.6 is 0 Å². The highest BCUT2D eigenvalue weighted by Crippen LogP contribution is 2.46. The van der Waals surface area contributed by atoms with E-state index in [1.165, 1.54) is 45.6 Å². The number of carboxylic acid groups (broad SMARTS) is 1. The molecule has 18 heteroatoms. The number of piperazine rings is 1. The molecule has 5 N–H and O–H groups in total. The lowest BCUT2D eigenvalue weighted by Crippen LogP contribution is -2.61. The second-order valence-corrected chi connectivity index (χ2v) is 19.7. The lowest BCUT2D eigenvalue weighted by molar-refractivity contribution is -0.425. The van der Waals surface area contributed by atoms with E-state index in [2.05, 4.69) is 23.0 Å². The van der Waals surface area contributed by atoms with E-state index < -0.39 is 23.7 Å². The normalized spacial score (nSPS) is 34.9. The van der Waals surface area contributed by atoms with Crippen LogP contribution in [0.4, 0.5) is 0 Å². The van der Waals surface area contributed by atoms with Crippen molar-refractivity contribution in [3.8, 4) is 0 Å². The van der Waals surface area contributed by atoms with Crippen molar-refractivity contribution in [1.82, 2.24) is 24.9 Å². The van der Waals surface area contributed by atoms with Gasteiger partial charge in [0.1, 0.15) is 0 Å². The third kappa shape index (κ3) is 12.5. The number of likely N-dealkylation sites (N-methyl/N-ethyl adjacent to an activating group) is 2. The van der Waals surface area contributed by atoms with Gasteiger partial charge in [-0.3, -0.25) is 24.0 Å². The third-order valence-electron chi connectivity index (χ3n) is 14.8. The molecule has 0 aromatic carbocycles. The fourth-order valence-electron chi connectivity index (χ4n) is 11.3. The van der Waals surface area contributed by atoms with Gasteiger partial charge in [-0.1, -0.05) is 13.8 Å². The largest absolute Gasteiger partial charge is 0.742 e. The molecule has 8 heterocycles. The molecule has 0 aromatic rings. The zero-order valence-electron chi connectivity index (χ0n) is 38.0. The summed E-state index contributed by atoms with van der Waals surface area (Å²) in [5, 5.41) is 11.7. The number of quaternary nitrogens is 1. The molecule has 9 aliphatic rings. The number of piperidine rings is 1. The topological polar surface area (TPSA) is 212 Å². The van der Waals surface area contributed by atoms with Crippen LogP contribution in [0.2, 0.25) is 0 Å². The Hall–Kier alpha value is -3.00. The number of fused-ring (bicyclic) bond motifs is 6. The minimum absolute atomic E-state index is 0. The number of rotatable bonds is 9. The Morgan fingerprint density at radius 2 is 1.08 bits per heavy atom. The molecule has 8 aliphatic heterocycles. The Bertz CT molecular complexity index is 1590. The van der Waals surface area contributed by atoms with E-state index in [1.807, 2.05) is 28.8 Å². The molecular formula is C46H78N6O11S. The number of nitrogens with one attached hydrogen (secondary N) is 1. The summed E-state index contributed by atoms with van der Waals surface area (Å²) in [5.74, 6) is -3.85. The number of aliphatic carboxylic acids is 1. The van der Waals surface area contributed by atoms with E-state index in [-0.39, 0.29) is 90.6 Å². The van der Waals surface area contributed by atoms with Crippen LogP contribution in [0.3, 0.4) is 0 Å². The Balaban J connectivity index is 0.000000167. The van der Waals surface area contributed by atoms with Crippen molar-refractivity contribution in [1.29, 1.82) is 0 Å². The Labute approximate surface area is 385 Å². The molecule has 6 bridgehead atoms. The first-order chi connectivity index (χ1) is 30.2. The van der Waals surface area contributed by atoms with Gasteiger partial charge in [0.15, 0.2) is 0 Å². The zero-order chi connectivity index (χ0) is 45.4. The molecule has 6 unspecified atom stereocenters. The van der Waals surface area contributed by atoms with Crippen LogP contribution < -0.4 is 11.1 Å². The summed E-state index contributed by atoms with van der Waals surface area (Å²) in [6.45, 7) is 6.17. The average Bonchev–Trinajstić information content (AvgIpc) is 4.16. The standard InChI is InChI=1S/C14H21NO4.C13H20N2O3S.C12H20N2O4.C6H13N.CH4/c1-18-14(17)12-10-6-5-9(19-10)11(12)13(16)15-7-3-2-4-8-15;1-14-4-6-15(7-5-14)12(16)10-8-2-3-9(18-8)11(10)13(17)19;1-14(2)6-5-13-11(15)9-7-3-4-8(18-7)10(9)12(16)17;7-6-4-2-1-3-5-6;/h9-12H,2-8H2,1H3;8-11H,2-7H2,1H3,(H,17,19);7-10H,3-6H2,1-2H3,(H,13,15)(H,16,17);6H,1-5,7H2;1H4/t9-,10+,11?,12?;8-,9+,10?,11?;7-,8+,9?,10?;;/m000../s1. The quantitative estimate of drug-likeness (QED) is 0.220. The summed E-state index contributed by atoms with van der Waals surface area (Å²) >= 11 is 4.82. The van der Waals surface area contributed by atoms with Gasteiger partial charge in [-0.15, -0.1) is 0 Å². The maximum absolute atomic E-state index is 12.7. The molecule has 12 atom stereocenters. The van der Waals surface area contributed by atoms with Crippen LogP contribution in [0.15, 0.2) is 0 Å². The van der Waals surface area contributed by atoms with Crippen molar-refractivity contribution in [2.45, 2.75) is 140 Å². The SMILES string of the molecule is C.CN(C)CCNC(=O)C1C(C(=O)O)[C@H]2CC[C@@H]1O2.CN1CCN(C(=O)C2C(C(=O)[S-])[C@H]3CC[C@@H]2O3)CC1.COC(=O)C1C(C(=O)N2CCCCC2)[C@@H]2CC[C@H]1O2.[NH3+]C1CCCCC1. The number of carbonyl (C=O) groups excluding carboxylic acids is 5. The van der Waals surface area contributed by atoms with Gasteiger partial charge < -0.3 is 72.1 Å². The van der Waals surface area contributed by atoms with Gasteiger partial charge >= 0.3 is 11.9 Å². The minimum Gasteiger partial charge on any atom is -0.742 e. The van der Waals surface area contributed by atoms with Gasteiger partial charge in [0, 0.05) is 63.4 Å². The first-order valence-electron chi connectivity index (χ1n) is 23.7. The van der Waals surface area contributed by atoms with Crippen LogP contribution in [0.25, 0.3) is 0 Å². The highest BCUT2D eigenvalue weighted by molar-refractivity contribution is 7.77. The molecule has 1 saturated carbocycles. The number of methoxy groups -OCH3 is 1. The lowest BCUT2D eigenvalue weighted by Gasteiger charge is -2.37. The number of esters is 1. The molecule has 0 aromatic heterocycles. The Morgan fingerprint density at radius 1 is 0.641 bits per heavy atom. The van der Waals surface area contributed by atoms with E-state index in [4.69, 9.17) is 31.6 Å². The first kappa shape index (κ1) is 52.0. The Kier molecular flexibility index (Phi) is 19.6. The molecular weight excluding hydrogens is 845 g/mol. The monoisotopic (exact) mass is 923 g/mol. The van der Waals surface area contributed by atoms with Crippen molar-refractivity contribution in [2.75, 3.05) is 80.6 Å². The van der Waals surface area contributed by atoms with E-state index >= 15 is 0 Å².